The van der Waals surface area contributed by atoms with E-state index in [0.29, 0.717) is 17.6 Å². The normalized spacial score (nSPS) is 42.0. The molecular formula is C17H31NO. The van der Waals surface area contributed by atoms with Gasteiger partial charge in [0.15, 0.2) is 0 Å². The summed E-state index contributed by atoms with van der Waals surface area (Å²) >= 11 is 0. The largest absolute Gasteiger partial charge is 0.374 e. The molecule has 0 radical (unpaired) electrons. The second-order valence-electron chi connectivity index (χ2n) is 7.38. The van der Waals surface area contributed by atoms with E-state index in [1.54, 1.807) is 0 Å². The summed E-state index contributed by atoms with van der Waals surface area (Å²) in [7, 11) is 2.14. The molecule has 0 aromatic carbocycles. The van der Waals surface area contributed by atoms with Crippen LogP contribution in [0.4, 0.5) is 0 Å². The second kappa shape index (κ2) is 5.73. The standard InChI is InChI=1S/C17H31NO/c1-13-6-8-14(9-7-13)19-16-12-15(18-2)17(16)10-4-3-5-11-17/h13-16,18H,3-12H2,1-2H3. The van der Waals surface area contributed by atoms with E-state index in [0.717, 1.165) is 12.0 Å². The number of nitrogens with one attached hydrogen (secondary N) is 1. The van der Waals surface area contributed by atoms with Gasteiger partial charge in [-0.3, -0.25) is 0 Å². The van der Waals surface area contributed by atoms with Crippen LogP contribution in [0, 0.1) is 11.3 Å². The van der Waals surface area contributed by atoms with Crippen molar-refractivity contribution >= 4 is 0 Å². The van der Waals surface area contributed by atoms with Crippen LogP contribution in [0.15, 0.2) is 0 Å². The van der Waals surface area contributed by atoms with Crippen LogP contribution in [0.1, 0.15) is 71.1 Å². The van der Waals surface area contributed by atoms with Gasteiger partial charge in [-0.15, -0.1) is 0 Å². The van der Waals surface area contributed by atoms with E-state index in [1.165, 1.54) is 64.2 Å². The van der Waals surface area contributed by atoms with E-state index < -0.39 is 0 Å². The fourth-order valence-electron chi connectivity index (χ4n) is 4.82. The Kier molecular flexibility index (Phi) is 4.19. The second-order valence-corrected chi connectivity index (χ2v) is 7.38. The lowest BCUT2D eigenvalue weighted by molar-refractivity contribution is -0.181. The lowest BCUT2D eigenvalue weighted by Crippen LogP contribution is -2.64. The van der Waals surface area contributed by atoms with Crippen LogP contribution >= 0.6 is 0 Å². The van der Waals surface area contributed by atoms with Gasteiger partial charge in [0.05, 0.1) is 12.2 Å². The third kappa shape index (κ3) is 2.58. The van der Waals surface area contributed by atoms with Gasteiger partial charge in [-0.2, -0.15) is 0 Å². The topological polar surface area (TPSA) is 21.3 Å². The number of hydrogen-bond donors (Lipinski definition) is 1. The van der Waals surface area contributed by atoms with Crippen LogP contribution in [-0.4, -0.2) is 25.3 Å². The Bertz CT molecular complexity index is 290. The highest BCUT2D eigenvalue weighted by atomic mass is 16.5. The molecule has 0 aromatic rings. The van der Waals surface area contributed by atoms with Crippen molar-refractivity contribution in [2.24, 2.45) is 11.3 Å². The monoisotopic (exact) mass is 265 g/mol. The average molecular weight is 265 g/mol. The third-order valence-corrected chi connectivity index (χ3v) is 6.24. The van der Waals surface area contributed by atoms with Gasteiger partial charge >= 0.3 is 0 Å². The maximum Gasteiger partial charge on any atom is 0.0665 e. The van der Waals surface area contributed by atoms with E-state index in [1.807, 2.05) is 0 Å². The predicted molar refractivity (Wildman–Crippen MR) is 79.3 cm³/mol. The summed E-state index contributed by atoms with van der Waals surface area (Å²) in [6, 6.07) is 0.723. The lowest BCUT2D eigenvalue weighted by Gasteiger charge is -2.58. The Labute approximate surface area is 118 Å². The summed E-state index contributed by atoms with van der Waals surface area (Å²) in [6.07, 6.45) is 14.8. The van der Waals surface area contributed by atoms with Crippen LogP contribution in [-0.2, 0) is 4.74 Å². The molecule has 0 amide bonds. The fraction of sp³-hybridized carbons (Fsp3) is 1.00. The van der Waals surface area contributed by atoms with E-state index in [9.17, 15) is 0 Å². The number of ether oxygens (including phenoxy) is 1. The van der Waals surface area contributed by atoms with Gasteiger partial charge in [-0.05, 0) is 57.9 Å². The summed E-state index contributed by atoms with van der Waals surface area (Å²) < 4.78 is 6.56. The highest BCUT2D eigenvalue weighted by Gasteiger charge is 2.55. The fourth-order valence-corrected chi connectivity index (χ4v) is 4.82. The molecule has 3 aliphatic carbocycles. The molecular weight excluding hydrogens is 234 g/mol. The molecule has 1 N–H and O–H groups in total. The first-order valence-electron chi connectivity index (χ1n) is 8.57. The molecule has 0 aromatic heterocycles. The average Bonchev–Trinajstić information content (AvgIpc) is 2.46. The molecule has 2 unspecified atom stereocenters. The Balaban J connectivity index is 1.58. The molecule has 0 heterocycles. The Morgan fingerprint density at radius 2 is 1.68 bits per heavy atom. The minimum atomic E-state index is 0.496. The van der Waals surface area contributed by atoms with Gasteiger partial charge in [0.2, 0.25) is 0 Å². The zero-order valence-corrected chi connectivity index (χ0v) is 12.8. The first-order chi connectivity index (χ1) is 9.24. The van der Waals surface area contributed by atoms with Crippen LogP contribution in [0.3, 0.4) is 0 Å². The van der Waals surface area contributed by atoms with Crippen molar-refractivity contribution < 1.29 is 4.74 Å². The molecule has 3 saturated carbocycles. The maximum atomic E-state index is 6.56. The minimum absolute atomic E-state index is 0.496. The Hall–Kier alpha value is -0.0800. The molecule has 0 bridgehead atoms. The number of hydrogen-bond acceptors (Lipinski definition) is 2. The lowest BCUT2D eigenvalue weighted by atomic mass is 9.55. The molecule has 0 aliphatic heterocycles. The summed E-state index contributed by atoms with van der Waals surface area (Å²) in [4.78, 5) is 0. The van der Waals surface area contributed by atoms with Crippen LogP contribution in [0.25, 0.3) is 0 Å². The van der Waals surface area contributed by atoms with Crippen molar-refractivity contribution in [3.8, 4) is 0 Å². The molecule has 2 heteroatoms. The van der Waals surface area contributed by atoms with Gasteiger partial charge in [0, 0.05) is 11.5 Å². The summed E-state index contributed by atoms with van der Waals surface area (Å²) in [5, 5.41) is 3.56. The number of rotatable bonds is 3. The van der Waals surface area contributed by atoms with E-state index in [2.05, 4.69) is 19.3 Å². The van der Waals surface area contributed by atoms with Gasteiger partial charge < -0.3 is 10.1 Å². The predicted octanol–water partition coefficient (Wildman–Crippen LogP) is 3.89. The van der Waals surface area contributed by atoms with Crippen LogP contribution < -0.4 is 5.32 Å². The van der Waals surface area contributed by atoms with Crippen molar-refractivity contribution in [3.05, 3.63) is 0 Å². The van der Waals surface area contributed by atoms with E-state index in [4.69, 9.17) is 4.74 Å². The summed E-state index contributed by atoms with van der Waals surface area (Å²) in [5.74, 6) is 0.926. The molecule has 19 heavy (non-hydrogen) atoms. The molecule has 3 aliphatic rings. The van der Waals surface area contributed by atoms with Gasteiger partial charge in [0.1, 0.15) is 0 Å². The van der Waals surface area contributed by atoms with Gasteiger partial charge in [-0.1, -0.05) is 26.2 Å². The highest BCUT2D eigenvalue weighted by molar-refractivity contribution is 5.08. The molecule has 3 fully saturated rings. The molecule has 2 atom stereocenters. The molecule has 1 spiro atoms. The molecule has 110 valence electrons. The van der Waals surface area contributed by atoms with Gasteiger partial charge in [0.25, 0.3) is 0 Å². The quantitative estimate of drug-likeness (QED) is 0.836. The van der Waals surface area contributed by atoms with E-state index in [-0.39, 0.29) is 0 Å². The maximum absolute atomic E-state index is 6.56. The highest BCUT2D eigenvalue weighted by Crippen LogP contribution is 2.53. The van der Waals surface area contributed by atoms with E-state index >= 15 is 0 Å². The first-order valence-corrected chi connectivity index (χ1v) is 8.57. The zero-order valence-electron chi connectivity index (χ0n) is 12.8. The van der Waals surface area contributed by atoms with Crippen molar-refractivity contribution in [1.29, 1.82) is 0 Å². The molecule has 3 rings (SSSR count). The van der Waals surface area contributed by atoms with Crippen molar-refractivity contribution in [1.82, 2.24) is 5.32 Å². The van der Waals surface area contributed by atoms with Crippen molar-refractivity contribution in [2.45, 2.75) is 89.4 Å². The van der Waals surface area contributed by atoms with Crippen LogP contribution in [0.2, 0.25) is 0 Å². The summed E-state index contributed by atoms with van der Waals surface area (Å²) in [5.41, 5.74) is 0.496. The summed E-state index contributed by atoms with van der Waals surface area (Å²) in [6.45, 7) is 2.39. The Morgan fingerprint density at radius 1 is 1.00 bits per heavy atom. The van der Waals surface area contributed by atoms with Crippen molar-refractivity contribution in [2.75, 3.05) is 7.05 Å². The Morgan fingerprint density at radius 3 is 2.32 bits per heavy atom. The first kappa shape index (κ1) is 13.9. The molecule has 0 saturated heterocycles. The minimum Gasteiger partial charge on any atom is -0.374 e. The SMILES string of the molecule is CNC1CC(OC2CCC(C)CC2)C12CCCCC2. The molecule has 2 nitrogen and oxygen atoms in total. The van der Waals surface area contributed by atoms with Crippen molar-refractivity contribution in [3.63, 3.8) is 0 Å². The third-order valence-electron chi connectivity index (χ3n) is 6.24. The smallest absolute Gasteiger partial charge is 0.0665 e. The zero-order chi connectivity index (χ0) is 13.3. The van der Waals surface area contributed by atoms with Crippen LogP contribution in [0.5, 0.6) is 0 Å². The van der Waals surface area contributed by atoms with Gasteiger partial charge in [-0.25, -0.2) is 0 Å².